The molecule has 1 aromatic rings. The second-order valence-electron chi connectivity index (χ2n) is 3.70. The van der Waals surface area contributed by atoms with Gasteiger partial charge in [0.15, 0.2) is 0 Å². The Bertz CT molecular complexity index is 405. The highest BCUT2D eigenvalue weighted by atomic mass is 79.9. The van der Waals surface area contributed by atoms with Crippen molar-refractivity contribution in [2.45, 2.75) is 25.2 Å². The lowest BCUT2D eigenvalue weighted by Crippen LogP contribution is -2.23. The van der Waals surface area contributed by atoms with Gasteiger partial charge in [0.2, 0.25) is 5.79 Å². The molecule has 0 aromatic carbocycles. The highest BCUT2D eigenvalue weighted by Crippen LogP contribution is 2.39. The first kappa shape index (κ1) is 12.0. The normalized spacial score (nSPS) is 29.5. The van der Waals surface area contributed by atoms with Crippen molar-refractivity contribution in [1.29, 1.82) is 0 Å². The van der Waals surface area contributed by atoms with Gasteiger partial charge >= 0.3 is 5.97 Å². The average Bonchev–Trinajstić information content (AvgIpc) is 2.73. The summed E-state index contributed by atoms with van der Waals surface area (Å²) in [5.41, 5.74) is 0. The number of aliphatic carboxylic acids is 1. The van der Waals surface area contributed by atoms with Crippen LogP contribution in [0, 0.1) is 0 Å². The van der Waals surface area contributed by atoms with Crippen LogP contribution < -0.4 is 0 Å². The number of hydrogen-bond acceptors (Lipinski definition) is 4. The maximum Gasteiger partial charge on any atom is 0.306 e. The Morgan fingerprint density at radius 3 is 3.06 bits per heavy atom. The largest absolute Gasteiger partial charge is 0.481 e. The first-order valence-electron chi connectivity index (χ1n) is 4.79. The second kappa shape index (κ2) is 4.44. The molecule has 0 spiro atoms. The Labute approximate surface area is 105 Å². The van der Waals surface area contributed by atoms with Gasteiger partial charge in [0.1, 0.15) is 0 Å². The smallest absolute Gasteiger partial charge is 0.306 e. The van der Waals surface area contributed by atoms with Gasteiger partial charge in [0.05, 0.1) is 27.8 Å². The summed E-state index contributed by atoms with van der Waals surface area (Å²) in [6.45, 7) is 2.13. The molecule has 6 heteroatoms. The van der Waals surface area contributed by atoms with Gasteiger partial charge in [-0.05, 0) is 35.0 Å². The van der Waals surface area contributed by atoms with Gasteiger partial charge in [-0.1, -0.05) is 0 Å². The molecule has 4 nitrogen and oxygen atoms in total. The lowest BCUT2D eigenvalue weighted by atomic mass is 10.2. The molecule has 16 heavy (non-hydrogen) atoms. The number of thiophene rings is 1. The van der Waals surface area contributed by atoms with Gasteiger partial charge in [-0.2, -0.15) is 0 Å². The molecule has 1 aliphatic heterocycles. The van der Waals surface area contributed by atoms with E-state index in [0.29, 0.717) is 6.61 Å². The maximum atomic E-state index is 10.6. The third-order valence-corrected chi connectivity index (χ3v) is 4.17. The Morgan fingerprint density at radius 2 is 2.50 bits per heavy atom. The van der Waals surface area contributed by atoms with E-state index in [1.54, 1.807) is 0 Å². The van der Waals surface area contributed by atoms with Crippen LogP contribution in [0.15, 0.2) is 15.9 Å². The summed E-state index contributed by atoms with van der Waals surface area (Å²) >= 11 is 4.90. The van der Waals surface area contributed by atoms with Gasteiger partial charge in [0, 0.05) is 0 Å². The summed E-state index contributed by atoms with van der Waals surface area (Å²) in [6.07, 6.45) is -0.398. The number of carboxylic acid groups (broad SMARTS) is 1. The topological polar surface area (TPSA) is 55.8 Å². The standard InChI is InChI=1S/C10H11BrO4S/c1-10(7-2-3-8(11)16-7)14-5-6(15-10)4-9(12)13/h2-3,6H,4-5H2,1H3,(H,12,13). The minimum Gasteiger partial charge on any atom is -0.481 e. The molecule has 0 saturated carbocycles. The molecule has 0 aliphatic carbocycles. The fourth-order valence-electron chi connectivity index (χ4n) is 1.62. The Morgan fingerprint density at radius 1 is 1.75 bits per heavy atom. The van der Waals surface area contributed by atoms with E-state index in [1.807, 2.05) is 19.1 Å². The lowest BCUT2D eigenvalue weighted by molar-refractivity contribution is -0.163. The van der Waals surface area contributed by atoms with E-state index < -0.39 is 11.8 Å². The molecule has 0 bridgehead atoms. The molecule has 88 valence electrons. The quantitative estimate of drug-likeness (QED) is 0.932. The van der Waals surface area contributed by atoms with Crippen LogP contribution in [0.3, 0.4) is 0 Å². The van der Waals surface area contributed by atoms with Crippen LogP contribution in [0.4, 0.5) is 0 Å². The van der Waals surface area contributed by atoms with Gasteiger partial charge in [-0.25, -0.2) is 0 Å². The SMILES string of the molecule is CC1(c2ccc(Br)s2)OCC(CC(=O)O)O1. The Kier molecular flexibility index (Phi) is 3.34. The van der Waals surface area contributed by atoms with E-state index in [2.05, 4.69) is 15.9 Å². The molecule has 0 radical (unpaired) electrons. The molecule has 0 amide bonds. The highest BCUT2D eigenvalue weighted by Gasteiger charge is 2.40. The molecule has 1 aliphatic rings. The highest BCUT2D eigenvalue weighted by molar-refractivity contribution is 9.11. The summed E-state index contributed by atoms with van der Waals surface area (Å²) in [7, 11) is 0. The number of hydrogen-bond donors (Lipinski definition) is 1. The van der Waals surface area contributed by atoms with Gasteiger partial charge in [0.25, 0.3) is 0 Å². The zero-order chi connectivity index (χ0) is 11.8. The number of ether oxygens (including phenoxy) is 2. The summed E-state index contributed by atoms with van der Waals surface area (Å²) in [5.74, 6) is -1.68. The van der Waals surface area contributed by atoms with Crippen LogP contribution in [-0.4, -0.2) is 23.8 Å². The van der Waals surface area contributed by atoms with Crippen molar-refractivity contribution in [1.82, 2.24) is 0 Å². The monoisotopic (exact) mass is 306 g/mol. The molecule has 1 aromatic heterocycles. The maximum absolute atomic E-state index is 10.6. The van der Waals surface area contributed by atoms with Crippen LogP contribution in [0.25, 0.3) is 0 Å². The minimum absolute atomic E-state index is 0.0257. The predicted molar refractivity (Wildman–Crippen MR) is 62.4 cm³/mol. The summed E-state index contributed by atoms with van der Waals surface area (Å²) in [4.78, 5) is 11.5. The Hall–Kier alpha value is -0.430. The van der Waals surface area contributed by atoms with E-state index >= 15 is 0 Å². The van der Waals surface area contributed by atoms with Crippen LogP contribution in [-0.2, 0) is 20.1 Å². The summed E-state index contributed by atoms with van der Waals surface area (Å²) < 4.78 is 12.2. The van der Waals surface area contributed by atoms with E-state index in [9.17, 15) is 4.79 Å². The summed E-state index contributed by atoms with van der Waals surface area (Å²) in [5, 5.41) is 8.68. The zero-order valence-corrected chi connectivity index (χ0v) is 11.0. The molecular weight excluding hydrogens is 296 g/mol. The van der Waals surface area contributed by atoms with Gasteiger partial charge in [-0.3, -0.25) is 4.79 Å². The van der Waals surface area contributed by atoms with Crippen LogP contribution in [0.2, 0.25) is 0 Å². The van der Waals surface area contributed by atoms with Crippen LogP contribution in [0.5, 0.6) is 0 Å². The first-order valence-corrected chi connectivity index (χ1v) is 6.40. The fourth-order valence-corrected chi connectivity index (χ4v) is 3.05. The minimum atomic E-state index is -0.870. The van der Waals surface area contributed by atoms with Crippen molar-refractivity contribution in [2.75, 3.05) is 6.61 Å². The fraction of sp³-hybridized carbons (Fsp3) is 0.500. The van der Waals surface area contributed by atoms with Crippen molar-refractivity contribution in [3.05, 3.63) is 20.8 Å². The number of carbonyl (C=O) groups is 1. The van der Waals surface area contributed by atoms with E-state index in [-0.39, 0.29) is 12.5 Å². The number of carboxylic acids is 1. The van der Waals surface area contributed by atoms with Gasteiger partial charge < -0.3 is 14.6 Å². The van der Waals surface area contributed by atoms with Crippen molar-refractivity contribution in [3.63, 3.8) is 0 Å². The van der Waals surface area contributed by atoms with E-state index in [1.165, 1.54) is 11.3 Å². The molecule has 2 heterocycles. The van der Waals surface area contributed by atoms with Crippen molar-refractivity contribution in [3.8, 4) is 0 Å². The molecule has 1 N–H and O–H groups in total. The second-order valence-corrected chi connectivity index (χ2v) is 6.16. The predicted octanol–water partition coefficient (Wildman–Crippen LogP) is 2.57. The van der Waals surface area contributed by atoms with Crippen LogP contribution in [0.1, 0.15) is 18.2 Å². The third-order valence-electron chi connectivity index (χ3n) is 2.36. The zero-order valence-electron chi connectivity index (χ0n) is 8.60. The number of rotatable bonds is 3. The van der Waals surface area contributed by atoms with Crippen LogP contribution >= 0.6 is 27.3 Å². The molecular formula is C10H11BrO4S. The summed E-state index contributed by atoms with van der Waals surface area (Å²) in [6, 6.07) is 3.83. The van der Waals surface area contributed by atoms with Crippen molar-refractivity contribution in [2.24, 2.45) is 0 Å². The van der Waals surface area contributed by atoms with Crippen molar-refractivity contribution < 1.29 is 19.4 Å². The molecule has 2 atom stereocenters. The van der Waals surface area contributed by atoms with E-state index in [4.69, 9.17) is 14.6 Å². The molecule has 1 saturated heterocycles. The number of halogens is 1. The first-order chi connectivity index (χ1) is 7.49. The van der Waals surface area contributed by atoms with Gasteiger partial charge in [-0.15, -0.1) is 11.3 Å². The third kappa shape index (κ3) is 2.45. The Balaban J connectivity index is 2.08. The molecule has 2 unspecified atom stereocenters. The van der Waals surface area contributed by atoms with Crippen molar-refractivity contribution >= 4 is 33.2 Å². The van der Waals surface area contributed by atoms with E-state index in [0.717, 1.165) is 8.66 Å². The average molecular weight is 307 g/mol. The molecule has 2 rings (SSSR count). The molecule has 1 fully saturated rings. The lowest BCUT2D eigenvalue weighted by Gasteiger charge is -2.21.